The van der Waals surface area contributed by atoms with Gasteiger partial charge in [0.15, 0.2) is 0 Å². The lowest BCUT2D eigenvalue weighted by molar-refractivity contribution is -0.155. The van der Waals surface area contributed by atoms with E-state index in [0.29, 0.717) is 24.8 Å². The number of ether oxygens (including phenoxy) is 1. The fourth-order valence-electron chi connectivity index (χ4n) is 6.76. The van der Waals surface area contributed by atoms with E-state index >= 15 is 0 Å². The highest BCUT2D eigenvalue weighted by Gasteiger charge is 2.57. The second-order valence-electron chi connectivity index (χ2n) is 14.3. The summed E-state index contributed by atoms with van der Waals surface area (Å²) in [7, 11) is -6.47. The first-order valence-corrected chi connectivity index (χ1v) is 16.5. The summed E-state index contributed by atoms with van der Waals surface area (Å²) in [5.74, 6) is 0.731. The van der Waals surface area contributed by atoms with Crippen LogP contribution >= 0.6 is 0 Å². The summed E-state index contributed by atoms with van der Waals surface area (Å²) in [5.41, 5.74) is -0.761. The molecule has 4 aliphatic rings. The minimum absolute atomic E-state index is 0.0389. The van der Waals surface area contributed by atoms with Crippen molar-refractivity contribution in [1.82, 2.24) is 9.03 Å². The average molecular weight is 549 g/mol. The van der Waals surface area contributed by atoms with Gasteiger partial charge in [0, 0.05) is 13.1 Å². The Bertz CT molecular complexity index is 1080. The average Bonchev–Trinajstić information content (AvgIpc) is 2.95. The van der Waals surface area contributed by atoms with Gasteiger partial charge < -0.3 is 4.74 Å². The molecule has 210 valence electrons. The predicted molar refractivity (Wildman–Crippen MR) is 142 cm³/mol. The van der Waals surface area contributed by atoms with Crippen molar-refractivity contribution in [2.24, 2.45) is 33.5 Å². The number of esters is 1. The molecular weight excluding hydrogens is 500 g/mol. The van der Waals surface area contributed by atoms with Gasteiger partial charge in [0.25, 0.3) is 0 Å². The normalized spacial score (nSPS) is 38.2. The van der Waals surface area contributed by atoms with Crippen LogP contribution in [0.25, 0.3) is 0 Å². The van der Waals surface area contributed by atoms with E-state index in [4.69, 9.17) is 4.74 Å². The maximum Gasteiger partial charge on any atom is 0.321 e. The molecule has 4 atom stereocenters. The van der Waals surface area contributed by atoms with E-state index in [1.54, 1.807) is 20.8 Å². The second kappa shape index (κ2) is 9.19. The maximum atomic E-state index is 12.7. The van der Waals surface area contributed by atoms with Crippen LogP contribution < -0.4 is 4.72 Å². The van der Waals surface area contributed by atoms with Crippen molar-refractivity contribution in [1.29, 1.82) is 0 Å². The number of fused-ring (bicyclic) bond motifs is 4. The Kier molecular flexibility index (Phi) is 7.62. The topological polar surface area (TPSA) is 110 Å². The molecule has 0 aromatic carbocycles. The smallest absolute Gasteiger partial charge is 0.321 e. The van der Waals surface area contributed by atoms with Gasteiger partial charge in [-0.05, 0) is 80.0 Å². The number of carbonyl (C=O) groups is 1. The first kappa shape index (κ1) is 29.8. The van der Waals surface area contributed by atoms with E-state index in [1.807, 2.05) is 0 Å². The Morgan fingerprint density at radius 1 is 0.889 bits per heavy atom. The number of sulfonamides is 2. The summed E-state index contributed by atoms with van der Waals surface area (Å²) in [6.45, 7) is 19.2. The van der Waals surface area contributed by atoms with Crippen LogP contribution in [0.5, 0.6) is 0 Å². The molecule has 8 nitrogen and oxygen atoms in total. The van der Waals surface area contributed by atoms with Gasteiger partial charge in [-0.3, -0.25) is 4.79 Å². The van der Waals surface area contributed by atoms with E-state index in [9.17, 15) is 21.6 Å². The zero-order valence-corrected chi connectivity index (χ0v) is 25.4. The summed E-state index contributed by atoms with van der Waals surface area (Å²) < 4.78 is 58.0. The fraction of sp³-hybridized carbons (Fsp3) is 0.962. The Labute approximate surface area is 219 Å². The van der Waals surface area contributed by atoms with Crippen LogP contribution in [0.3, 0.4) is 0 Å². The van der Waals surface area contributed by atoms with E-state index in [2.05, 4.69) is 46.3 Å². The Morgan fingerprint density at radius 3 is 1.94 bits per heavy atom. The van der Waals surface area contributed by atoms with Crippen LogP contribution in [0, 0.1) is 33.5 Å². The van der Waals surface area contributed by atoms with Gasteiger partial charge in [-0.1, -0.05) is 41.5 Å². The van der Waals surface area contributed by atoms with Crippen molar-refractivity contribution in [3.63, 3.8) is 0 Å². The van der Waals surface area contributed by atoms with Crippen LogP contribution in [0.2, 0.25) is 0 Å². The summed E-state index contributed by atoms with van der Waals surface area (Å²) in [6.07, 6.45) is 4.16. The minimum atomic E-state index is -3.44. The van der Waals surface area contributed by atoms with Crippen molar-refractivity contribution in [3.8, 4) is 0 Å². The highest BCUT2D eigenvalue weighted by atomic mass is 32.2. The van der Waals surface area contributed by atoms with Crippen molar-refractivity contribution in [2.45, 2.75) is 93.6 Å². The molecule has 2 heterocycles. The van der Waals surface area contributed by atoms with Crippen molar-refractivity contribution in [3.05, 3.63) is 0 Å². The molecule has 4 unspecified atom stereocenters. The largest absolute Gasteiger partial charge is 0.459 e. The van der Waals surface area contributed by atoms with Gasteiger partial charge in [-0.25, -0.2) is 21.6 Å². The monoisotopic (exact) mass is 548 g/mol. The number of rotatable bonds is 2. The summed E-state index contributed by atoms with van der Waals surface area (Å²) in [4.78, 5) is 12.0. The molecule has 10 heteroatoms. The Balaban J connectivity index is 0.000000221. The lowest BCUT2D eigenvalue weighted by Crippen LogP contribution is -2.42. The number of nitrogens with one attached hydrogen (secondary N) is 1. The molecule has 0 radical (unpaired) electrons. The minimum Gasteiger partial charge on any atom is -0.459 e. The van der Waals surface area contributed by atoms with Gasteiger partial charge in [0.05, 0.1) is 11.5 Å². The molecule has 1 N–H and O–H groups in total. The third-order valence-electron chi connectivity index (χ3n) is 10.3. The van der Waals surface area contributed by atoms with Crippen LogP contribution in [0.1, 0.15) is 88.0 Å². The predicted octanol–water partition coefficient (Wildman–Crippen LogP) is 3.78. The van der Waals surface area contributed by atoms with Gasteiger partial charge >= 0.3 is 5.97 Å². The molecule has 2 aliphatic heterocycles. The van der Waals surface area contributed by atoms with Crippen LogP contribution in [0.4, 0.5) is 0 Å². The number of carbonyl (C=O) groups excluding carboxylic acids is 1. The number of hydrogen-bond donors (Lipinski definition) is 1. The number of nitrogens with zero attached hydrogens (tertiary/aromatic N) is 1. The first-order valence-electron chi connectivity index (χ1n) is 13.2. The molecule has 0 aromatic rings. The SMILES string of the molecule is CC(C)(C)OC(=O)CN1CC2CCC(C)(CS1(=O)=O)C2(C)C.CC12CCC(CNS(=O)(=O)C1)C2(C)C. The molecule has 4 bridgehead atoms. The molecule has 0 amide bonds. The molecule has 2 aliphatic carbocycles. The molecule has 36 heavy (non-hydrogen) atoms. The summed E-state index contributed by atoms with van der Waals surface area (Å²) >= 11 is 0. The van der Waals surface area contributed by atoms with Gasteiger partial charge in [0.1, 0.15) is 12.1 Å². The van der Waals surface area contributed by atoms with Crippen molar-refractivity contribution >= 4 is 26.0 Å². The standard InChI is InChI=1S/C16H29NO4S.C10H19NO2S/c1-14(2,3)21-13(18)10-17-9-12-7-8-16(6,15(12,4)5)11-22(17,19)20;1-9(2)8-4-5-10(9,3)7-14(12,13)11-6-8/h12H,7-11H2,1-6H3;8,11H,4-7H2,1-3H3. The lowest BCUT2D eigenvalue weighted by Gasteiger charge is -2.39. The third-order valence-corrected chi connectivity index (χ3v) is 14.0. The Morgan fingerprint density at radius 2 is 1.39 bits per heavy atom. The number of hydrogen-bond acceptors (Lipinski definition) is 6. The zero-order valence-electron chi connectivity index (χ0n) is 23.7. The molecule has 4 fully saturated rings. The molecular formula is C26H48N2O6S2. The van der Waals surface area contributed by atoms with Crippen LogP contribution in [-0.4, -0.2) is 63.9 Å². The zero-order chi connectivity index (χ0) is 27.6. The summed E-state index contributed by atoms with van der Waals surface area (Å²) in [5, 5.41) is 0. The highest BCUT2D eigenvalue weighted by molar-refractivity contribution is 7.89. The van der Waals surface area contributed by atoms with Crippen molar-refractivity contribution < 1.29 is 26.4 Å². The van der Waals surface area contributed by atoms with Gasteiger partial charge in [-0.15, -0.1) is 0 Å². The van der Waals surface area contributed by atoms with E-state index in [0.717, 1.165) is 25.7 Å². The van der Waals surface area contributed by atoms with E-state index in [1.165, 1.54) is 4.31 Å². The summed E-state index contributed by atoms with van der Waals surface area (Å²) in [6, 6.07) is 0. The first-order chi connectivity index (χ1) is 16.0. The van der Waals surface area contributed by atoms with Crippen LogP contribution in [-0.2, 0) is 29.6 Å². The van der Waals surface area contributed by atoms with E-state index < -0.39 is 31.6 Å². The second-order valence-corrected chi connectivity index (χ2v) is 18.1. The van der Waals surface area contributed by atoms with Crippen molar-refractivity contribution in [2.75, 3.05) is 31.1 Å². The van der Waals surface area contributed by atoms with Crippen LogP contribution in [0.15, 0.2) is 0 Å². The molecule has 2 saturated heterocycles. The van der Waals surface area contributed by atoms with Gasteiger partial charge in [-0.2, -0.15) is 4.31 Å². The fourth-order valence-corrected chi connectivity index (χ4v) is 10.9. The molecule has 0 aromatic heterocycles. The molecule has 0 spiro atoms. The quantitative estimate of drug-likeness (QED) is 0.526. The van der Waals surface area contributed by atoms with E-state index in [-0.39, 0.29) is 39.9 Å². The van der Waals surface area contributed by atoms with Gasteiger partial charge in [0.2, 0.25) is 20.0 Å². The third kappa shape index (κ3) is 5.66. The Hall–Kier alpha value is -0.710. The highest BCUT2D eigenvalue weighted by Crippen LogP contribution is 2.59. The molecule has 2 saturated carbocycles. The molecule has 4 rings (SSSR count). The maximum absolute atomic E-state index is 12.7. The lowest BCUT2D eigenvalue weighted by atomic mass is 9.67.